The molecule has 0 bridgehead atoms. The first-order valence-electron chi connectivity index (χ1n) is 10.5. The van der Waals surface area contributed by atoms with Gasteiger partial charge in [0.05, 0.1) is 0 Å². The third-order valence-corrected chi connectivity index (χ3v) is 5.64. The van der Waals surface area contributed by atoms with Crippen LogP contribution in [0.25, 0.3) is 6.08 Å². The highest BCUT2D eigenvalue weighted by Gasteiger charge is 2.22. The van der Waals surface area contributed by atoms with Crippen LogP contribution in [-0.4, -0.2) is 42.9 Å². The lowest BCUT2D eigenvalue weighted by atomic mass is 10.1. The maximum atomic E-state index is 12.7. The van der Waals surface area contributed by atoms with Crippen LogP contribution in [0.4, 0.5) is 11.4 Å². The fourth-order valence-corrected chi connectivity index (χ4v) is 3.74. The summed E-state index contributed by atoms with van der Waals surface area (Å²) in [5.41, 5.74) is 3.45. The second kappa shape index (κ2) is 10.2. The van der Waals surface area contributed by atoms with Gasteiger partial charge in [0.15, 0.2) is 0 Å². The van der Waals surface area contributed by atoms with Crippen molar-refractivity contribution in [3.05, 3.63) is 101 Å². The number of amides is 2. The summed E-state index contributed by atoms with van der Waals surface area (Å²) in [6, 6.07) is 24.5. The van der Waals surface area contributed by atoms with E-state index < -0.39 is 0 Å². The van der Waals surface area contributed by atoms with Gasteiger partial charge in [0.25, 0.3) is 5.91 Å². The number of nitrogens with zero attached hydrogens (tertiary/aromatic N) is 2. The molecule has 0 aromatic heterocycles. The van der Waals surface area contributed by atoms with Crippen molar-refractivity contribution in [2.75, 3.05) is 36.4 Å². The Morgan fingerprint density at radius 2 is 1.47 bits per heavy atom. The van der Waals surface area contributed by atoms with E-state index in [2.05, 4.69) is 10.2 Å². The highest BCUT2D eigenvalue weighted by atomic mass is 35.5. The highest BCUT2D eigenvalue weighted by Crippen LogP contribution is 2.21. The minimum Gasteiger partial charge on any atom is -0.368 e. The second-order valence-electron chi connectivity index (χ2n) is 7.57. The van der Waals surface area contributed by atoms with Gasteiger partial charge in [0, 0.05) is 54.2 Å². The molecule has 4 rings (SSSR count). The average Bonchev–Trinajstić information content (AvgIpc) is 2.84. The molecule has 3 aromatic carbocycles. The molecular formula is C26H24ClN3O2. The Morgan fingerprint density at radius 3 is 2.12 bits per heavy atom. The maximum Gasteiger partial charge on any atom is 0.253 e. The molecule has 0 atom stereocenters. The predicted octanol–water partition coefficient (Wildman–Crippen LogP) is 4.95. The topological polar surface area (TPSA) is 52.7 Å². The van der Waals surface area contributed by atoms with Crippen molar-refractivity contribution >= 4 is 40.9 Å². The van der Waals surface area contributed by atoms with E-state index in [1.54, 1.807) is 30.3 Å². The minimum absolute atomic E-state index is 0.0305. The van der Waals surface area contributed by atoms with Crippen LogP contribution in [0.15, 0.2) is 84.9 Å². The van der Waals surface area contributed by atoms with Crippen LogP contribution in [0.3, 0.4) is 0 Å². The van der Waals surface area contributed by atoms with E-state index in [9.17, 15) is 9.59 Å². The molecule has 0 spiro atoms. The molecular weight excluding hydrogens is 422 g/mol. The smallest absolute Gasteiger partial charge is 0.253 e. The first-order chi connectivity index (χ1) is 15.6. The summed E-state index contributed by atoms with van der Waals surface area (Å²) in [5.74, 6) is -0.140. The summed E-state index contributed by atoms with van der Waals surface area (Å²) in [4.78, 5) is 28.9. The number of hydrogen-bond donors (Lipinski definition) is 1. The van der Waals surface area contributed by atoms with Gasteiger partial charge in [-0.1, -0.05) is 41.9 Å². The van der Waals surface area contributed by atoms with Gasteiger partial charge >= 0.3 is 0 Å². The molecule has 0 unspecified atom stereocenters. The van der Waals surface area contributed by atoms with Gasteiger partial charge in [-0.3, -0.25) is 9.59 Å². The lowest BCUT2D eigenvalue weighted by Gasteiger charge is -2.36. The number of carbonyl (C=O) groups excluding carboxylic acids is 2. The highest BCUT2D eigenvalue weighted by molar-refractivity contribution is 6.30. The summed E-state index contributed by atoms with van der Waals surface area (Å²) < 4.78 is 0. The Kier molecular flexibility index (Phi) is 6.87. The molecule has 3 aromatic rings. The Labute approximate surface area is 192 Å². The minimum atomic E-state index is -0.170. The molecule has 0 saturated carbocycles. The Hall–Kier alpha value is -3.57. The molecule has 5 nitrogen and oxygen atoms in total. The van der Waals surface area contributed by atoms with Gasteiger partial charge in [-0.25, -0.2) is 0 Å². The van der Waals surface area contributed by atoms with E-state index in [0.29, 0.717) is 23.7 Å². The lowest BCUT2D eigenvalue weighted by molar-refractivity contribution is -0.111. The van der Waals surface area contributed by atoms with Gasteiger partial charge < -0.3 is 15.1 Å². The predicted molar refractivity (Wildman–Crippen MR) is 130 cm³/mol. The van der Waals surface area contributed by atoms with Crippen LogP contribution in [0.1, 0.15) is 15.9 Å². The van der Waals surface area contributed by atoms with Crippen LogP contribution >= 0.6 is 11.6 Å². The molecule has 1 fully saturated rings. The molecule has 6 heteroatoms. The third-order valence-electron chi connectivity index (χ3n) is 5.38. The number of piperazine rings is 1. The molecule has 0 aliphatic carbocycles. The Bertz CT molecular complexity index is 1090. The number of halogens is 1. The first kappa shape index (κ1) is 21.7. The number of benzene rings is 3. The number of carbonyl (C=O) groups is 2. The molecule has 1 heterocycles. The summed E-state index contributed by atoms with van der Waals surface area (Å²) >= 11 is 5.91. The van der Waals surface area contributed by atoms with Gasteiger partial charge in [-0.05, 0) is 60.2 Å². The Morgan fingerprint density at radius 1 is 0.812 bits per heavy atom. The molecule has 162 valence electrons. The molecule has 2 amide bonds. The standard InChI is InChI=1S/C26H24ClN3O2/c27-22-9-7-21(8-10-22)26(32)30-18-16-29(17-19-30)24-13-11-23(12-14-24)28-25(31)15-6-20-4-2-1-3-5-20/h1-15H,16-19H2,(H,28,31). The summed E-state index contributed by atoms with van der Waals surface area (Å²) in [7, 11) is 0. The van der Waals surface area contributed by atoms with Crippen molar-refractivity contribution in [1.29, 1.82) is 0 Å². The van der Waals surface area contributed by atoms with Gasteiger partial charge in [-0.15, -0.1) is 0 Å². The van der Waals surface area contributed by atoms with E-state index in [1.807, 2.05) is 59.5 Å². The largest absolute Gasteiger partial charge is 0.368 e. The zero-order valence-electron chi connectivity index (χ0n) is 17.6. The van der Waals surface area contributed by atoms with Crippen molar-refractivity contribution in [3.8, 4) is 0 Å². The van der Waals surface area contributed by atoms with E-state index in [4.69, 9.17) is 11.6 Å². The van der Waals surface area contributed by atoms with Gasteiger partial charge in [-0.2, -0.15) is 0 Å². The van der Waals surface area contributed by atoms with Crippen LogP contribution in [0.5, 0.6) is 0 Å². The van der Waals surface area contributed by atoms with Crippen molar-refractivity contribution in [2.45, 2.75) is 0 Å². The van der Waals surface area contributed by atoms with E-state index in [0.717, 1.165) is 30.0 Å². The molecule has 1 saturated heterocycles. The maximum absolute atomic E-state index is 12.7. The van der Waals surface area contributed by atoms with Crippen LogP contribution in [0.2, 0.25) is 5.02 Å². The SMILES string of the molecule is O=C(C=Cc1ccccc1)Nc1ccc(N2CCN(C(=O)c3ccc(Cl)cc3)CC2)cc1. The second-order valence-corrected chi connectivity index (χ2v) is 8.00. The normalized spacial score (nSPS) is 13.9. The molecule has 1 N–H and O–H groups in total. The monoisotopic (exact) mass is 445 g/mol. The van der Waals surface area contributed by atoms with Gasteiger partial charge in [0.2, 0.25) is 5.91 Å². The van der Waals surface area contributed by atoms with Crippen LogP contribution in [0, 0.1) is 0 Å². The first-order valence-corrected chi connectivity index (χ1v) is 10.9. The van der Waals surface area contributed by atoms with E-state index >= 15 is 0 Å². The fraction of sp³-hybridized carbons (Fsp3) is 0.154. The summed E-state index contributed by atoms with van der Waals surface area (Å²) in [6.07, 6.45) is 3.31. The molecule has 1 aliphatic heterocycles. The number of rotatable bonds is 5. The van der Waals surface area contributed by atoms with Crippen molar-refractivity contribution in [1.82, 2.24) is 4.90 Å². The molecule has 32 heavy (non-hydrogen) atoms. The van der Waals surface area contributed by atoms with Crippen LogP contribution < -0.4 is 10.2 Å². The van der Waals surface area contributed by atoms with Crippen LogP contribution in [-0.2, 0) is 4.79 Å². The molecule has 0 radical (unpaired) electrons. The van der Waals surface area contributed by atoms with Crippen molar-refractivity contribution in [3.63, 3.8) is 0 Å². The third kappa shape index (κ3) is 5.56. The number of anilines is 2. The number of hydrogen-bond acceptors (Lipinski definition) is 3. The quantitative estimate of drug-likeness (QED) is 0.565. The zero-order valence-corrected chi connectivity index (χ0v) is 18.3. The molecule has 1 aliphatic rings. The van der Waals surface area contributed by atoms with Crippen molar-refractivity contribution < 1.29 is 9.59 Å². The summed E-state index contributed by atoms with van der Waals surface area (Å²) in [6.45, 7) is 2.82. The van der Waals surface area contributed by atoms with Gasteiger partial charge in [0.1, 0.15) is 0 Å². The number of nitrogens with one attached hydrogen (secondary N) is 1. The zero-order chi connectivity index (χ0) is 22.3. The fourth-order valence-electron chi connectivity index (χ4n) is 3.62. The summed E-state index contributed by atoms with van der Waals surface area (Å²) in [5, 5.41) is 3.50. The average molecular weight is 446 g/mol. The van der Waals surface area contributed by atoms with E-state index in [1.165, 1.54) is 6.08 Å². The van der Waals surface area contributed by atoms with Crippen molar-refractivity contribution in [2.24, 2.45) is 0 Å². The lowest BCUT2D eigenvalue weighted by Crippen LogP contribution is -2.48. The Balaban J connectivity index is 1.29. The van der Waals surface area contributed by atoms with E-state index in [-0.39, 0.29) is 11.8 Å².